The molecule has 0 aliphatic carbocycles. The lowest BCUT2D eigenvalue weighted by molar-refractivity contribution is 0.273. The molecule has 0 fully saturated rings. The van der Waals surface area contributed by atoms with Crippen molar-refractivity contribution in [2.45, 2.75) is 13.2 Å². The molecule has 3 rings (SSSR count). The number of benzene rings is 3. The summed E-state index contributed by atoms with van der Waals surface area (Å²) in [6.45, 7) is 0.392. The lowest BCUT2D eigenvalue weighted by atomic mass is 10.1. The highest BCUT2D eigenvalue weighted by atomic mass is 79.9. The monoisotopic (exact) mass is 372 g/mol. The minimum atomic E-state index is -0.0550. The van der Waals surface area contributed by atoms with Gasteiger partial charge in [-0.15, -0.1) is 0 Å². The van der Waals surface area contributed by atoms with Crippen LogP contribution in [0.2, 0.25) is 0 Å². The highest BCUT2D eigenvalue weighted by Gasteiger charge is 2.11. The van der Waals surface area contributed by atoms with Crippen molar-refractivity contribution in [2.75, 3.05) is 7.11 Å². The number of hydrogen-bond donors (Lipinski definition) is 1. The number of methoxy groups -OCH3 is 1. The highest BCUT2D eigenvalue weighted by Crippen LogP contribution is 2.34. The van der Waals surface area contributed by atoms with Crippen LogP contribution in [0, 0.1) is 0 Å². The van der Waals surface area contributed by atoms with E-state index >= 15 is 0 Å². The van der Waals surface area contributed by atoms with E-state index in [1.54, 1.807) is 13.2 Å². The second kappa shape index (κ2) is 7.02. The smallest absolute Gasteiger partial charge is 0.162 e. The van der Waals surface area contributed by atoms with Gasteiger partial charge in [-0.05, 0) is 34.0 Å². The van der Waals surface area contributed by atoms with E-state index in [1.807, 2.05) is 24.3 Å². The van der Waals surface area contributed by atoms with Crippen LogP contribution in [0.5, 0.6) is 11.5 Å². The summed E-state index contributed by atoms with van der Waals surface area (Å²) in [6, 6.07) is 18.0. The van der Waals surface area contributed by atoms with Gasteiger partial charge in [0.2, 0.25) is 0 Å². The van der Waals surface area contributed by atoms with Crippen LogP contribution in [0.4, 0.5) is 0 Å². The second-order valence-electron chi connectivity index (χ2n) is 5.18. The Morgan fingerprint density at radius 1 is 0.957 bits per heavy atom. The van der Waals surface area contributed by atoms with Crippen LogP contribution in [0.25, 0.3) is 10.8 Å². The third-order valence-electron chi connectivity index (χ3n) is 3.77. The zero-order valence-electron chi connectivity index (χ0n) is 12.8. The lowest BCUT2D eigenvalue weighted by Crippen LogP contribution is -2.00. The highest BCUT2D eigenvalue weighted by molar-refractivity contribution is 9.10. The summed E-state index contributed by atoms with van der Waals surface area (Å²) in [6.07, 6.45) is 0. The topological polar surface area (TPSA) is 38.7 Å². The first-order valence-corrected chi connectivity index (χ1v) is 8.09. The standard InChI is InChI=1S/C19H17BrO3/c1-22-18-9-15(11-21)17(20)10-19(18)23-12-14-7-4-6-13-5-2-3-8-16(13)14/h2-10,21H,11-12H2,1H3. The maximum absolute atomic E-state index is 9.33. The Morgan fingerprint density at radius 2 is 1.74 bits per heavy atom. The normalized spacial score (nSPS) is 10.7. The van der Waals surface area contributed by atoms with Crippen molar-refractivity contribution in [2.24, 2.45) is 0 Å². The van der Waals surface area contributed by atoms with Crippen molar-refractivity contribution in [3.8, 4) is 11.5 Å². The molecule has 0 radical (unpaired) electrons. The molecular formula is C19H17BrO3. The van der Waals surface area contributed by atoms with Crippen LogP contribution >= 0.6 is 15.9 Å². The number of rotatable bonds is 5. The van der Waals surface area contributed by atoms with Gasteiger partial charge in [-0.2, -0.15) is 0 Å². The lowest BCUT2D eigenvalue weighted by Gasteiger charge is -2.14. The molecule has 0 heterocycles. The molecule has 118 valence electrons. The van der Waals surface area contributed by atoms with Gasteiger partial charge >= 0.3 is 0 Å². The van der Waals surface area contributed by atoms with E-state index < -0.39 is 0 Å². The van der Waals surface area contributed by atoms with Crippen molar-refractivity contribution >= 4 is 26.7 Å². The van der Waals surface area contributed by atoms with Crippen molar-refractivity contribution < 1.29 is 14.6 Å². The van der Waals surface area contributed by atoms with Crippen molar-refractivity contribution in [3.05, 3.63) is 70.2 Å². The van der Waals surface area contributed by atoms with Gasteiger partial charge in [0.25, 0.3) is 0 Å². The second-order valence-corrected chi connectivity index (χ2v) is 6.03. The molecule has 3 aromatic rings. The zero-order valence-corrected chi connectivity index (χ0v) is 14.3. The van der Waals surface area contributed by atoms with E-state index in [0.717, 1.165) is 15.6 Å². The first kappa shape index (κ1) is 15.8. The van der Waals surface area contributed by atoms with Gasteiger partial charge < -0.3 is 14.6 Å². The van der Waals surface area contributed by atoms with Gasteiger partial charge in [-0.3, -0.25) is 0 Å². The van der Waals surface area contributed by atoms with Gasteiger partial charge in [-0.25, -0.2) is 0 Å². The van der Waals surface area contributed by atoms with E-state index in [2.05, 4.69) is 40.2 Å². The average molecular weight is 373 g/mol. The van der Waals surface area contributed by atoms with Crippen LogP contribution in [0.15, 0.2) is 59.1 Å². The van der Waals surface area contributed by atoms with Crippen LogP contribution in [-0.4, -0.2) is 12.2 Å². The largest absolute Gasteiger partial charge is 0.493 e. The molecule has 0 aliphatic heterocycles. The maximum Gasteiger partial charge on any atom is 0.162 e. The zero-order chi connectivity index (χ0) is 16.2. The van der Waals surface area contributed by atoms with Gasteiger partial charge in [0, 0.05) is 4.47 Å². The quantitative estimate of drug-likeness (QED) is 0.706. The van der Waals surface area contributed by atoms with Crippen molar-refractivity contribution in [3.63, 3.8) is 0 Å². The van der Waals surface area contributed by atoms with Gasteiger partial charge in [-0.1, -0.05) is 58.4 Å². The Bertz CT molecular complexity index is 825. The Kier molecular flexibility index (Phi) is 4.84. The Morgan fingerprint density at radius 3 is 2.52 bits per heavy atom. The Hall–Kier alpha value is -2.04. The molecule has 0 saturated carbocycles. The molecule has 0 unspecified atom stereocenters. The van der Waals surface area contributed by atoms with Crippen LogP contribution < -0.4 is 9.47 Å². The van der Waals surface area contributed by atoms with Crippen LogP contribution in [-0.2, 0) is 13.2 Å². The first-order valence-electron chi connectivity index (χ1n) is 7.29. The fraction of sp³-hybridized carbons (Fsp3) is 0.158. The summed E-state index contributed by atoms with van der Waals surface area (Å²) in [4.78, 5) is 0. The fourth-order valence-electron chi connectivity index (χ4n) is 2.54. The van der Waals surface area contributed by atoms with Gasteiger partial charge in [0.1, 0.15) is 6.61 Å². The number of aliphatic hydroxyl groups is 1. The predicted octanol–water partition coefficient (Wildman–Crippen LogP) is 4.68. The van der Waals surface area contributed by atoms with Gasteiger partial charge in [0.15, 0.2) is 11.5 Å². The summed E-state index contributed by atoms with van der Waals surface area (Å²) in [7, 11) is 1.59. The maximum atomic E-state index is 9.33. The number of aliphatic hydroxyl groups excluding tert-OH is 1. The molecule has 3 aromatic carbocycles. The van der Waals surface area contributed by atoms with E-state index in [0.29, 0.717) is 18.1 Å². The molecule has 0 saturated heterocycles. The minimum absolute atomic E-state index is 0.0550. The Labute approximate surface area is 143 Å². The van der Waals surface area contributed by atoms with Crippen molar-refractivity contribution in [1.82, 2.24) is 0 Å². The summed E-state index contributed by atoms with van der Waals surface area (Å²) in [5.41, 5.74) is 1.88. The minimum Gasteiger partial charge on any atom is -0.493 e. The molecule has 1 N–H and O–H groups in total. The van der Waals surface area contributed by atoms with E-state index in [1.165, 1.54) is 10.8 Å². The molecule has 0 spiro atoms. The fourth-order valence-corrected chi connectivity index (χ4v) is 2.99. The molecule has 0 aliphatic rings. The summed E-state index contributed by atoms with van der Waals surface area (Å²) in [5.74, 6) is 1.25. The molecule has 0 aromatic heterocycles. The van der Waals surface area contributed by atoms with E-state index in [4.69, 9.17) is 9.47 Å². The predicted molar refractivity (Wildman–Crippen MR) is 94.9 cm³/mol. The number of ether oxygens (including phenoxy) is 2. The number of halogens is 1. The summed E-state index contributed by atoms with van der Waals surface area (Å²) < 4.78 is 12.1. The van der Waals surface area contributed by atoms with Crippen molar-refractivity contribution in [1.29, 1.82) is 0 Å². The average Bonchev–Trinajstić information content (AvgIpc) is 2.60. The molecule has 0 bridgehead atoms. The SMILES string of the molecule is COc1cc(CO)c(Br)cc1OCc1cccc2ccccc12. The van der Waals surface area contributed by atoms with Gasteiger partial charge in [0.05, 0.1) is 13.7 Å². The third-order valence-corrected chi connectivity index (χ3v) is 4.50. The number of hydrogen-bond acceptors (Lipinski definition) is 3. The summed E-state index contributed by atoms with van der Waals surface area (Å²) >= 11 is 3.44. The molecule has 23 heavy (non-hydrogen) atoms. The molecule has 4 heteroatoms. The Balaban J connectivity index is 1.89. The first-order chi connectivity index (χ1) is 11.2. The molecule has 0 amide bonds. The van der Waals surface area contributed by atoms with Crippen LogP contribution in [0.1, 0.15) is 11.1 Å². The van der Waals surface area contributed by atoms with Crippen LogP contribution in [0.3, 0.4) is 0 Å². The van der Waals surface area contributed by atoms with E-state index in [-0.39, 0.29) is 6.61 Å². The summed E-state index contributed by atoms with van der Waals surface area (Å²) in [5, 5.41) is 11.7. The molecule has 3 nitrogen and oxygen atoms in total. The van der Waals surface area contributed by atoms with E-state index in [9.17, 15) is 5.11 Å². The third kappa shape index (κ3) is 3.33. The molecular weight excluding hydrogens is 356 g/mol. The molecule has 0 atom stereocenters. The number of fused-ring (bicyclic) bond motifs is 1.